The van der Waals surface area contributed by atoms with Gasteiger partial charge in [0.05, 0.1) is 0 Å². The van der Waals surface area contributed by atoms with E-state index in [1.165, 1.54) is 0 Å². The SMILES string of the molecule is [N-]=[N+]=NCCCNC(=O)CCCCC1SC[C@H]2CC(=O)C[C@@H]12. The zero-order valence-corrected chi connectivity index (χ0v) is 13.7. The molecule has 0 aromatic carbocycles. The van der Waals surface area contributed by atoms with Crippen LogP contribution in [0.15, 0.2) is 5.11 Å². The zero-order valence-electron chi connectivity index (χ0n) is 12.9. The van der Waals surface area contributed by atoms with Crippen LogP contribution in [0.25, 0.3) is 10.4 Å². The second-order valence-corrected chi connectivity index (χ2v) is 7.42. The lowest BCUT2D eigenvalue weighted by molar-refractivity contribution is -0.121. The summed E-state index contributed by atoms with van der Waals surface area (Å²) in [6, 6.07) is 0. The third kappa shape index (κ3) is 5.21. The smallest absolute Gasteiger partial charge is 0.219 e. The van der Waals surface area contributed by atoms with E-state index in [-0.39, 0.29) is 5.91 Å². The van der Waals surface area contributed by atoms with Gasteiger partial charge in [0.15, 0.2) is 0 Å². The molecule has 122 valence electrons. The van der Waals surface area contributed by atoms with Gasteiger partial charge < -0.3 is 5.32 Å². The molecule has 2 fully saturated rings. The Kier molecular flexibility index (Phi) is 7.06. The third-order valence-corrected chi connectivity index (χ3v) is 6.16. The van der Waals surface area contributed by atoms with Gasteiger partial charge in [-0.2, -0.15) is 11.8 Å². The maximum Gasteiger partial charge on any atom is 0.219 e. The van der Waals surface area contributed by atoms with Crippen LogP contribution in [0.1, 0.15) is 44.9 Å². The quantitative estimate of drug-likeness (QED) is 0.305. The molecule has 2 aliphatic rings. The maximum atomic E-state index is 11.6. The highest BCUT2D eigenvalue weighted by Crippen LogP contribution is 2.47. The lowest BCUT2D eigenvalue weighted by Gasteiger charge is -2.16. The van der Waals surface area contributed by atoms with Gasteiger partial charge in [0.1, 0.15) is 5.78 Å². The Bertz CT molecular complexity index is 451. The summed E-state index contributed by atoms with van der Waals surface area (Å²) < 4.78 is 0. The van der Waals surface area contributed by atoms with Gasteiger partial charge in [-0.3, -0.25) is 9.59 Å². The topological polar surface area (TPSA) is 94.9 Å². The fraction of sp³-hybridized carbons (Fsp3) is 0.867. The molecule has 0 spiro atoms. The van der Waals surface area contributed by atoms with E-state index in [0.29, 0.717) is 48.8 Å². The van der Waals surface area contributed by atoms with Crippen LogP contribution in [-0.4, -0.2) is 35.8 Å². The average Bonchev–Trinajstić information content (AvgIpc) is 3.03. The van der Waals surface area contributed by atoms with Gasteiger partial charge in [-0.25, -0.2) is 0 Å². The van der Waals surface area contributed by atoms with Crippen molar-refractivity contribution in [3.05, 3.63) is 10.4 Å². The van der Waals surface area contributed by atoms with Crippen molar-refractivity contribution in [3.63, 3.8) is 0 Å². The van der Waals surface area contributed by atoms with Crippen LogP contribution in [-0.2, 0) is 9.59 Å². The first kappa shape index (κ1) is 17.2. The van der Waals surface area contributed by atoms with E-state index in [2.05, 4.69) is 15.3 Å². The predicted octanol–water partition coefficient (Wildman–Crippen LogP) is 3.07. The molecular formula is C15H24N4O2S. The Morgan fingerprint density at radius 1 is 1.36 bits per heavy atom. The van der Waals surface area contributed by atoms with Crippen molar-refractivity contribution in [1.29, 1.82) is 0 Å². The van der Waals surface area contributed by atoms with Crippen molar-refractivity contribution < 1.29 is 9.59 Å². The van der Waals surface area contributed by atoms with Gasteiger partial charge in [0.25, 0.3) is 0 Å². The Morgan fingerprint density at radius 3 is 3.05 bits per heavy atom. The molecule has 22 heavy (non-hydrogen) atoms. The van der Waals surface area contributed by atoms with E-state index in [1.54, 1.807) is 0 Å². The van der Waals surface area contributed by atoms with Gasteiger partial charge in [-0.15, -0.1) is 0 Å². The number of amides is 1. The van der Waals surface area contributed by atoms with E-state index in [0.717, 1.165) is 37.9 Å². The molecule has 1 unspecified atom stereocenters. The normalized spacial score (nSPS) is 26.5. The van der Waals surface area contributed by atoms with Gasteiger partial charge in [0, 0.05) is 42.5 Å². The molecule has 0 radical (unpaired) electrons. The second kappa shape index (κ2) is 9.06. The summed E-state index contributed by atoms with van der Waals surface area (Å²) >= 11 is 2.02. The van der Waals surface area contributed by atoms with Crippen molar-refractivity contribution in [2.75, 3.05) is 18.8 Å². The monoisotopic (exact) mass is 324 g/mol. The molecule has 6 nitrogen and oxygen atoms in total. The van der Waals surface area contributed by atoms with E-state index in [1.807, 2.05) is 11.8 Å². The first-order chi connectivity index (χ1) is 10.7. The van der Waals surface area contributed by atoms with Crippen LogP contribution in [0.4, 0.5) is 0 Å². The van der Waals surface area contributed by atoms with Crippen molar-refractivity contribution in [3.8, 4) is 0 Å². The molecule has 3 atom stereocenters. The van der Waals surface area contributed by atoms with Crippen molar-refractivity contribution in [2.45, 2.75) is 50.2 Å². The number of carbonyl (C=O) groups excluding carboxylic acids is 2. The Hall–Kier alpha value is -1.20. The van der Waals surface area contributed by atoms with Crippen molar-refractivity contribution in [2.24, 2.45) is 17.0 Å². The molecule has 1 N–H and O–H groups in total. The lowest BCUT2D eigenvalue weighted by atomic mass is 9.92. The van der Waals surface area contributed by atoms with Crippen molar-refractivity contribution in [1.82, 2.24) is 5.32 Å². The molecule has 0 bridgehead atoms. The highest BCUT2D eigenvalue weighted by molar-refractivity contribution is 8.00. The fourth-order valence-electron chi connectivity index (χ4n) is 3.38. The third-order valence-electron chi connectivity index (χ3n) is 4.52. The summed E-state index contributed by atoms with van der Waals surface area (Å²) in [5, 5.41) is 6.89. The minimum atomic E-state index is 0.0777. The van der Waals surface area contributed by atoms with E-state index < -0.39 is 0 Å². The van der Waals surface area contributed by atoms with Crippen LogP contribution in [0.3, 0.4) is 0 Å². The fourth-order valence-corrected chi connectivity index (χ4v) is 5.14. The highest BCUT2D eigenvalue weighted by Gasteiger charge is 2.42. The molecule has 1 heterocycles. The number of nitrogens with zero attached hydrogens (tertiary/aromatic N) is 3. The number of Topliss-reactive ketones (excluding diaryl/α,β-unsaturated/α-hetero) is 1. The Balaban J connectivity index is 1.51. The maximum absolute atomic E-state index is 11.6. The van der Waals surface area contributed by atoms with Crippen molar-refractivity contribution >= 4 is 23.5 Å². The average molecular weight is 324 g/mol. The summed E-state index contributed by atoms with van der Waals surface area (Å²) in [5.41, 5.74) is 8.13. The van der Waals surface area contributed by atoms with Gasteiger partial charge in [-0.1, -0.05) is 11.5 Å². The minimum Gasteiger partial charge on any atom is -0.356 e. The zero-order chi connectivity index (χ0) is 15.8. The Labute approximate surface area is 135 Å². The molecule has 1 amide bonds. The summed E-state index contributed by atoms with van der Waals surface area (Å²) in [4.78, 5) is 25.8. The summed E-state index contributed by atoms with van der Waals surface area (Å²) in [7, 11) is 0. The van der Waals surface area contributed by atoms with Crippen LogP contribution < -0.4 is 5.32 Å². The summed E-state index contributed by atoms with van der Waals surface area (Å²) in [6.45, 7) is 0.999. The van der Waals surface area contributed by atoms with E-state index in [9.17, 15) is 9.59 Å². The molecule has 1 saturated heterocycles. The number of rotatable bonds is 9. The van der Waals surface area contributed by atoms with E-state index in [4.69, 9.17) is 5.53 Å². The van der Waals surface area contributed by atoms with Gasteiger partial charge >= 0.3 is 0 Å². The standard InChI is InChI=1S/C15H24N4O2S/c16-19-18-7-3-6-17-15(21)5-2-1-4-14-13-9-12(20)8-11(13)10-22-14/h11,13-14H,1-10H2,(H,17,21)/t11-,13-,14?/m1/s1. The molecule has 1 aliphatic carbocycles. The summed E-state index contributed by atoms with van der Waals surface area (Å²) in [5.74, 6) is 2.90. The molecule has 2 rings (SSSR count). The lowest BCUT2D eigenvalue weighted by Crippen LogP contribution is -2.24. The minimum absolute atomic E-state index is 0.0777. The second-order valence-electron chi connectivity index (χ2n) is 6.15. The molecule has 1 aliphatic heterocycles. The number of nitrogens with one attached hydrogen (secondary N) is 1. The molecule has 0 aromatic rings. The van der Waals surface area contributed by atoms with Crippen LogP contribution in [0.2, 0.25) is 0 Å². The number of ketones is 1. The first-order valence-corrected chi connectivity index (χ1v) is 9.16. The molecule has 0 aromatic heterocycles. The highest BCUT2D eigenvalue weighted by atomic mass is 32.2. The number of azide groups is 1. The van der Waals surface area contributed by atoms with Crippen LogP contribution in [0, 0.1) is 11.8 Å². The number of hydrogen-bond acceptors (Lipinski definition) is 4. The summed E-state index contributed by atoms with van der Waals surface area (Å²) in [6.07, 6.45) is 5.92. The number of hydrogen-bond donors (Lipinski definition) is 1. The number of unbranched alkanes of at least 4 members (excludes halogenated alkanes) is 1. The first-order valence-electron chi connectivity index (χ1n) is 8.11. The number of thioether (sulfide) groups is 1. The number of carbonyl (C=O) groups is 2. The Morgan fingerprint density at radius 2 is 2.23 bits per heavy atom. The molecule has 7 heteroatoms. The largest absolute Gasteiger partial charge is 0.356 e. The predicted molar refractivity (Wildman–Crippen MR) is 87.6 cm³/mol. The van der Waals surface area contributed by atoms with Crippen LogP contribution >= 0.6 is 11.8 Å². The van der Waals surface area contributed by atoms with E-state index >= 15 is 0 Å². The molecule has 1 saturated carbocycles. The molecular weight excluding hydrogens is 300 g/mol. The number of fused-ring (bicyclic) bond motifs is 1. The van der Waals surface area contributed by atoms with Crippen LogP contribution in [0.5, 0.6) is 0 Å². The van der Waals surface area contributed by atoms with Gasteiger partial charge in [0.2, 0.25) is 5.91 Å². The van der Waals surface area contributed by atoms with Gasteiger partial charge in [-0.05, 0) is 42.4 Å².